The second-order valence-electron chi connectivity index (χ2n) is 7.62. The molecule has 0 fully saturated rings. The van der Waals surface area contributed by atoms with Crippen LogP contribution in [0.2, 0.25) is 0 Å². The summed E-state index contributed by atoms with van der Waals surface area (Å²) in [7, 11) is 0. The van der Waals surface area contributed by atoms with E-state index in [2.05, 4.69) is 12.1 Å². The van der Waals surface area contributed by atoms with Crippen molar-refractivity contribution >= 4 is 0 Å². The van der Waals surface area contributed by atoms with Gasteiger partial charge in [0.1, 0.15) is 6.10 Å². The molecule has 0 amide bonds. The third-order valence-electron chi connectivity index (χ3n) is 5.46. The normalized spacial score (nSPS) is 13.1. The minimum Gasteiger partial charge on any atom is -0.389 e. The molecule has 3 nitrogen and oxygen atoms in total. The minimum atomic E-state index is -0.822. The summed E-state index contributed by atoms with van der Waals surface area (Å²) in [4.78, 5) is 0. The molecule has 4 rings (SSSR count). The number of rotatable bonds is 8. The van der Waals surface area contributed by atoms with Gasteiger partial charge < -0.3 is 15.6 Å². The molecule has 0 aromatic heterocycles. The maximum atomic E-state index is 10.8. The molecular formula is C28H27NO2. The lowest BCUT2D eigenvalue weighted by molar-refractivity contribution is -0.00459. The lowest BCUT2D eigenvalue weighted by Crippen LogP contribution is -2.31. The van der Waals surface area contributed by atoms with Crippen molar-refractivity contribution in [2.24, 2.45) is 5.73 Å². The molecule has 3 heteroatoms. The van der Waals surface area contributed by atoms with Crippen LogP contribution in [-0.4, -0.2) is 17.8 Å². The molecule has 0 spiro atoms. The SMILES string of the molecule is N[C@H](c1ccc(-c2ccccc2)cc1)[C@@H](O)COC(c1ccccc1)c1ccccc1. The Labute approximate surface area is 183 Å². The van der Waals surface area contributed by atoms with Gasteiger partial charge in [-0.2, -0.15) is 0 Å². The Morgan fingerprint density at radius 2 is 1.03 bits per heavy atom. The molecule has 0 heterocycles. The fourth-order valence-electron chi connectivity index (χ4n) is 3.69. The van der Waals surface area contributed by atoms with Crippen LogP contribution in [0.1, 0.15) is 28.8 Å². The largest absolute Gasteiger partial charge is 0.389 e. The number of aliphatic hydroxyl groups is 1. The van der Waals surface area contributed by atoms with Gasteiger partial charge in [0.15, 0.2) is 0 Å². The third kappa shape index (κ3) is 5.28. The van der Waals surface area contributed by atoms with Crippen LogP contribution in [0.15, 0.2) is 115 Å². The second-order valence-corrected chi connectivity index (χ2v) is 7.62. The summed E-state index contributed by atoms with van der Waals surface area (Å²) in [5.74, 6) is 0. The van der Waals surface area contributed by atoms with Gasteiger partial charge in [-0.3, -0.25) is 0 Å². The molecule has 2 atom stereocenters. The molecule has 31 heavy (non-hydrogen) atoms. The van der Waals surface area contributed by atoms with Gasteiger partial charge in [-0.05, 0) is 27.8 Å². The highest BCUT2D eigenvalue weighted by molar-refractivity contribution is 5.63. The van der Waals surface area contributed by atoms with E-state index in [1.807, 2.05) is 103 Å². The predicted molar refractivity (Wildman–Crippen MR) is 125 cm³/mol. The lowest BCUT2D eigenvalue weighted by atomic mass is 9.98. The number of benzene rings is 4. The molecule has 0 aliphatic carbocycles. The maximum Gasteiger partial charge on any atom is 0.108 e. The van der Waals surface area contributed by atoms with E-state index in [1.54, 1.807) is 0 Å². The van der Waals surface area contributed by atoms with Crippen LogP contribution < -0.4 is 5.73 Å². The first-order valence-corrected chi connectivity index (χ1v) is 10.5. The highest BCUT2D eigenvalue weighted by Gasteiger charge is 2.21. The molecule has 0 bridgehead atoms. The predicted octanol–water partition coefficient (Wildman–Crippen LogP) is 5.52. The standard InChI is InChI=1S/C28H27NO2/c29-27(23-18-16-22(17-19-23)21-10-4-1-5-11-21)26(30)20-31-28(24-12-6-2-7-13-24)25-14-8-3-9-15-25/h1-19,26-28,30H,20,29H2/t26-,27+/m0/s1. The molecule has 0 saturated heterocycles. The summed E-state index contributed by atoms with van der Waals surface area (Å²) in [6, 6.07) is 37.7. The lowest BCUT2D eigenvalue weighted by Gasteiger charge is -2.24. The monoisotopic (exact) mass is 409 g/mol. The highest BCUT2D eigenvalue weighted by Crippen LogP contribution is 2.27. The van der Waals surface area contributed by atoms with E-state index in [0.717, 1.165) is 27.8 Å². The van der Waals surface area contributed by atoms with E-state index in [9.17, 15) is 5.11 Å². The average molecular weight is 410 g/mol. The fourth-order valence-corrected chi connectivity index (χ4v) is 3.69. The quantitative estimate of drug-likeness (QED) is 0.403. The molecule has 0 aliphatic rings. The summed E-state index contributed by atoms with van der Waals surface area (Å²) < 4.78 is 6.18. The van der Waals surface area contributed by atoms with Gasteiger partial charge in [-0.25, -0.2) is 0 Å². The van der Waals surface area contributed by atoms with Crippen molar-refractivity contribution in [2.45, 2.75) is 18.2 Å². The first-order valence-electron chi connectivity index (χ1n) is 10.5. The van der Waals surface area contributed by atoms with Gasteiger partial charge in [0.05, 0.1) is 18.8 Å². The van der Waals surface area contributed by atoms with Gasteiger partial charge in [-0.15, -0.1) is 0 Å². The number of hydrogen-bond donors (Lipinski definition) is 2. The summed E-state index contributed by atoms with van der Waals surface area (Å²) >= 11 is 0. The van der Waals surface area contributed by atoms with Crippen LogP contribution in [0.3, 0.4) is 0 Å². The molecule has 0 aliphatic heterocycles. The molecule has 0 radical (unpaired) electrons. The van der Waals surface area contributed by atoms with Crippen molar-refractivity contribution in [3.63, 3.8) is 0 Å². The molecule has 0 saturated carbocycles. The Kier molecular flexibility index (Phi) is 6.90. The van der Waals surface area contributed by atoms with Crippen LogP contribution >= 0.6 is 0 Å². The van der Waals surface area contributed by atoms with Crippen molar-refractivity contribution in [2.75, 3.05) is 6.61 Å². The van der Waals surface area contributed by atoms with E-state index in [4.69, 9.17) is 10.5 Å². The number of ether oxygens (including phenoxy) is 1. The van der Waals surface area contributed by atoms with Crippen LogP contribution in [0.4, 0.5) is 0 Å². The van der Waals surface area contributed by atoms with E-state index < -0.39 is 12.1 Å². The van der Waals surface area contributed by atoms with E-state index in [-0.39, 0.29) is 12.7 Å². The molecule has 4 aromatic carbocycles. The Morgan fingerprint density at radius 1 is 0.581 bits per heavy atom. The molecule has 0 unspecified atom stereocenters. The highest BCUT2D eigenvalue weighted by atomic mass is 16.5. The number of hydrogen-bond acceptors (Lipinski definition) is 3. The van der Waals surface area contributed by atoms with Gasteiger partial charge in [0.2, 0.25) is 0 Å². The number of nitrogens with two attached hydrogens (primary N) is 1. The average Bonchev–Trinajstić information content (AvgIpc) is 2.85. The van der Waals surface area contributed by atoms with Crippen molar-refractivity contribution in [3.05, 3.63) is 132 Å². The minimum absolute atomic E-state index is 0.135. The van der Waals surface area contributed by atoms with Crippen molar-refractivity contribution < 1.29 is 9.84 Å². The molecule has 4 aromatic rings. The number of aliphatic hydroxyl groups excluding tert-OH is 1. The maximum absolute atomic E-state index is 10.8. The summed E-state index contributed by atoms with van der Waals surface area (Å²) in [6.45, 7) is 0.135. The Morgan fingerprint density at radius 3 is 1.55 bits per heavy atom. The Balaban J connectivity index is 1.44. The van der Waals surface area contributed by atoms with E-state index >= 15 is 0 Å². The summed E-state index contributed by atoms with van der Waals surface area (Å²) in [5, 5.41) is 10.8. The zero-order chi connectivity index (χ0) is 21.5. The summed E-state index contributed by atoms with van der Waals surface area (Å²) in [6.07, 6.45) is -1.08. The van der Waals surface area contributed by atoms with Crippen molar-refractivity contribution in [3.8, 4) is 11.1 Å². The van der Waals surface area contributed by atoms with Gasteiger partial charge in [0.25, 0.3) is 0 Å². The molecule has 3 N–H and O–H groups in total. The zero-order valence-corrected chi connectivity index (χ0v) is 17.3. The van der Waals surface area contributed by atoms with E-state index in [0.29, 0.717) is 0 Å². The van der Waals surface area contributed by atoms with Crippen molar-refractivity contribution in [1.29, 1.82) is 0 Å². The van der Waals surface area contributed by atoms with Gasteiger partial charge in [0, 0.05) is 0 Å². The Hall–Kier alpha value is -3.24. The molecular weight excluding hydrogens is 382 g/mol. The zero-order valence-electron chi connectivity index (χ0n) is 17.3. The topological polar surface area (TPSA) is 55.5 Å². The van der Waals surface area contributed by atoms with Gasteiger partial charge >= 0.3 is 0 Å². The first kappa shape index (κ1) is 21.0. The molecule has 156 valence electrons. The Bertz CT molecular complexity index is 1010. The second kappa shape index (κ2) is 10.2. The fraction of sp³-hybridized carbons (Fsp3) is 0.143. The third-order valence-corrected chi connectivity index (χ3v) is 5.46. The van der Waals surface area contributed by atoms with Crippen molar-refractivity contribution in [1.82, 2.24) is 0 Å². The van der Waals surface area contributed by atoms with Gasteiger partial charge in [-0.1, -0.05) is 115 Å². The van der Waals surface area contributed by atoms with Crippen LogP contribution in [-0.2, 0) is 4.74 Å². The first-order chi connectivity index (χ1) is 15.2. The van der Waals surface area contributed by atoms with Crippen LogP contribution in [0.25, 0.3) is 11.1 Å². The van der Waals surface area contributed by atoms with Crippen LogP contribution in [0, 0.1) is 0 Å². The van der Waals surface area contributed by atoms with Crippen LogP contribution in [0.5, 0.6) is 0 Å². The van der Waals surface area contributed by atoms with E-state index in [1.165, 1.54) is 0 Å². The smallest absolute Gasteiger partial charge is 0.108 e. The summed E-state index contributed by atoms with van der Waals surface area (Å²) in [5.41, 5.74) is 11.6.